The number of carbonyl (C=O) groups is 3. The van der Waals surface area contributed by atoms with Crippen LogP contribution in [0.2, 0.25) is 0 Å². The van der Waals surface area contributed by atoms with Crippen LogP contribution in [0.1, 0.15) is 20.7 Å². The van der Waals surface area contributed by atoms with E-state index in [-0.39, 0.29) is 6.54 Å². The molecule has 0 unspecified atom stereocenters. The predicted molar refractivity (Wildman–Crippen MR) is 89.0 cm³/mol. The van der Waals surface area contributed by atoms with Gasteiger partial charge < -0.3 is 10.2 Å². The molecule has 0 atom stereocenters. The Morgan fingerprint density at radius 3 is 2.29 bits per heavy atom. The molecule has 1 aromatic heterocycles. The van der Waals surface area contributed by atoms with Gasteiger partial charge in [0.25, 0.3) is 11.8 Å². The number of amides is 3. The number of carbonyl (C=O) groups excluding carboxylic acids is 3. The molecule has 1 N–H and O–H groups in total. The van der Waals surface area contributed by atoms with Crippen molar-refractivity contribution in [1.29, 1.82) is 0 Å². The summed E-state index contributed by atoms with van der Waals surface area (Å²) in [5.74, 6) is -0.775. The number of anilines is 2. The zero-order valence-corrected chi connectivity index (χ0v) is 13.3. The maximum Gasteiger partial charge on any atom is 0.262 e. The van der Waals surface area contributed by atoms with Crippen molar-refractivity contribution in [3.8, 4) is 0 Å². The lowest BCUT2D eigenvalue weighted by atomic mass is 10.1. The van der Waals surface area contributed by atoms with E-state index in [1.807, 2.05) is 14.1 Å². The molecule has 1 aromatic carbocycles. The fourth-order valence-electron chi connectivity index (χ4n) is 2.57. The maximum absolute atomic E-state index is 12.3. The molecule has 24 heavy (non-hydrogen) atoms. The van der Waals surface area contributed by atoms with Crippen LogP contribution in [0, 0.1) is 0 Å². The quantitative estimate of drug-likeness (QED) is 0.859. The normalized spacial score (nSPS) is 13.0. The van der Waals surface area contributed by atoms with Gasteiger partial charge in [-0.05, 0) is 24.3 Å². The van der Waals surface area contributed by atoms with Gasteiger partial charge >= 0.3 is 0 Å². The lowest BCUT2D eigenvalue weighted by Gasteiger charge is -2.18. The van der Waals surface area contributed by atoms with E-state index in [0.717, 1.165) is 4.90 Å². The highest BCUT2D eigenvalue weighted by Gasteiger charge is 2.36. The highest BCUT2D eigenvalue weighted by molar-refractivity contribution is 6.22. The Labute approximate surface area is 138 Å². The Balaban J connectivity index is 1.75. The molecule has 1 aliphatic heterocycles. The van der Waals surface area contributed by atoms with E-state index >= 15 is 0 Å². The number of nitrogens with zero attached hydrogens (tertiary/aromatic N) is 3. The average molecular weight is 324 g/mol. The standard InChI is InChI=1S/C17H16N4O3/c1-20(2)15-13(8-5-9-18-15)19-14(22)10-21-16(23)11-6-3-4-7-12(11)17(21)24/h3-9H,10H2,1-2H3,(H,19,22). The molecule has 3 amide bonds. The second-order valence-corrected chi connectivity index (χ2v) is 5.56. The van der Waals surface area contributed by atoms with Crippen LogP contribution in [0.4, 0.5) is 11.5 Å². The zero-order chi connectivity index (χ0) is 17.3. The van der Waals surface area contributed by atoms with Gasteiger partial charge in [0.15, 0.2) is 5.82 Å². The first kappa shape index (κ1) is 15.7. The topological polar surface area (TPSA) is 82.6 Å². The number of hydrogen-bond donors (Lipinski definition) is 1. The molecule has 1 aliphatic rings. The monoisotopic (exact) mass is 324 g/mol. The van der Waals surface area contributed by atoms with Gasteiger partial charge in [0.1, 0.15) is 6.54 Å². The van der Waals surface area contributed by atoms with Gasteiger partial charge in [0.2, 0.25) is 5.91 Å². The Bertz CT molecular complexity index is 797. The predicted octanol–water partition coefficient (Wildman–Crippen LogP) is 1.38. The summed E-state index contributed by atoms with van der Waals surface area (Å²) < 4.78 is 0. The number of benzene rings is 1. The number of hydrogen-bond acceptors (Lipinski definition) is 5. The van der Waals surface area contributed by atoms with Gasteiger partial charge in [-0.25, -0.2) is 4.98 Å². The van der Waals surface area contributed by atoms with Gasteiger partial charge in [0, 0.05) is 20.3 Å². The molecule has 0 radical (unpaired) electrons. The lowest BCUT2D eigenvalue weighted by Crippen LogP contribution is -2.37. The summed E-state index contributed by atoms with van der Waals surface area (Å²) in [5.41, 5.74) is 1.17. The van der Waals surface area contributed by atoms with Crippen molar-refractivity contribution in [3.63, 3.8) is 0 Å². The highest BCUT2D eigenvalue weighted by Crippen LogP contribution is 2.23. The summed E-state index contributed by atoms with van der Waals surface area (Å²) in [7, 11) is 3.62. The summed E-state index contributed by atoms with van der Waals surface area (Å²) in [6.07, 6.45) is 1.62. The van der Waals surface area contributed by atoms with E-state index in [9.17, 15) is 14.4 Å². The molecule has 0 bridgehead atoms. The molecule has 0 spiro atoms. The molecular weight excluding hydrogens is 308 g/mol. The van der Waals surface area contributed by atoms with Gasteiger partial charge in [-0.15, -0.1) is 0 Å². The Morgan fingerprint density at radius 1 is 1.08 bits per heavy atom. The van der Waals surface area contributed by atoms with Crippen molar-refractivity contribution in [2.75, 3.05) is 30.9 Å². The number of rotatable bonds is 4. The van der Waals surface area contributed by atoms with Crippen LogP contribution in [0.15, 0.2) is 42.6 Å². The second-order valence-electron chi connectivity index (χ2n) is 5.56. The van der Waals surface area contributed by atoms with Gasteiger partial charge in [0.05, 0.1) is 16.8 Å². The summed E-state index contributed by atoms with van der Waals surface area (Å²) in [6.45, 7) is -0.339. The van der Waals surface area contributed by atoms with E-state index in [2.05, 4.69) is 10.3 Å². The van der Waals surface area contributed by atoms with Gasteiger partial charge in [-0.2, -0.15) is 0 Å². The minimum absolute atomic E-state index is 0.325. The first-order valence-electron chi connectivity index (χ1n) is 7.36. The Kier molecular flexibility index (Phi) is 3.99. The number of imide groups is 1. The minimum Gasteiger partial charge on any atom is -0.361 e. The van der Waals surface area contributed by atoms with Crippen LogP contribution >= 0.6 is 0 Å². The van der Waals surface area contributed by atoms with Crippen molar-refractivity contribution in [3.05, 3.63) is 53.7 Å². The van der Waals surface area contributed by atoms with Crippen LogP contribution < -0.4 is 10.2 Å². The molecule has 2 aromatic rings. The molecular formula is C17H16N4O3. The summed E-state index contributed by atoms with van der Waals surface area (Å²) in [4.78, 5) is 43.7. The minimum atomic E-state index is -0.458. The van der Waals surface area contributed by atoms with Crippen LogP contribution in [0.25, 0.3) is 0 Å². The molecule has 0 aliphatic carbocycles. The van der Waals surface area contributed by atoms with Crippen molar-refractivity contribution < 1.29 is 14.4 Å². The van der Waals surface area contributed by atoms with Gasteiger partial charge in [-0.3, -0.25) is 19.3 Å². The Morgan fingerprint density at radius 2 is 1.71 bits per heavy atom. The van der Waals surface area contributed by atoms with Crippen LogP contribution in [-0.4, -0.2) is 48.2 Å². The van der Waals surface area contributed by atoms with E-state index in [4.69, 9.17) is 0 Å². The van der Waals surface area contributed by atoms with Crippen LogP contribution in [0.3, 0.4) is 0 Å². The first-order chi connectivity index (χ1) is 11.5. The maximum atomic E-state index is 12.3. The second kappa shape index (κ2) is 6.11. The van der Waals surface area contributed by atoms with Gasteiger partial charge in [-0.1, -0.05) is 12.1 Å². The SMILES string of the molecule is CN(C)c1ncccc1NC(=O)CN1C(=O)c2ccccc2C1=O. The van der Waals surface area contributed by atoms with E-state index in [0.29, 0.717) is 22.6 Å². The number of aromatic nitrogens is 1. The molecule has 0 saturated heterocycles. The number of nitrogens with one attached hydrogen (secondary N) is 1. The van der Waals surface area contributed by atoms with Crippen molar-refractivity contribution in [2.24, 2.45) is 0 Å². The number of pyridine rings is 1. The average Bonchev–Trinajstić information content (AvgIpc) is 2.80. The lowest BCUT2D eigenvalue weighted by molar-refractivity contribution is -0.116. The molecule has 2 heterocycles. The van der Waals surface area contributed by atoms with Crippen molar-refractivity contribution >= 4 is 29.2 Å². The third-order valence-corrected chi connectivity index (χ3v) is 3.66. The largest absolute Gasteiger partial charge is 0.361 e. The van der Waals surface area contributed by atoms with Crippen molar-refractivity contribution in [1.82, 2.24) is 9.88 Å². The molecule has 0 saturated carbocycles. The molecule has 7 nitrogen and oxygen atoms in total. The highest BCUT2D eigenvalue weighted by atomic mass is 16.2. The molecule has 122 valence electrons. The fraction of sp³-hybridized carbons (Fsp3) is 0.176. The number of fused-ring (bicyclic) bond motifs is 1. The summed E-state index contributed by atoms with van der Waals surface area (Å²) >= 11 is 0. The Hall–Kier alpha value is -3.22. The third kappa shape index (κ3) is 2.71. The van der Waals surface area contributed by atoms with E-state index in [1.54, 1.807) is 47.5 Å². The smallest absolute Gasteiger partial charge is 0.262 e. The molecule has 3 rings (SSSR count). The summed E-state index contributed by atoms with van der Waals surface area (Å²) in [6, 6.07) is 9.95. The van der Waals surface area contributed by atoms with E-state index < -0.39 is 17.7 Å². The molecule has 0 fully saturated rings. The van der Waals surface area contributed by atoms with Crippen LogP contribution in [0.5, 0.6) is 0 Å². The summed E-state index contributed by atoms with van der Waals surface area (Å²) in [5, 5.41) is 2.70. The van der Waals surface area contributed by atoms with E-state index in [1.165, 1.54) is 0 Å². The molecule has 7 heteroatoms. The zero-order valence-electron chi connectivity index (χ0n) is 13.3. The third-order valence-electron chi connectivity index (χ3n) is 3.66. The van der Waals surface area contributed by atoms with Crippen molar-refractivity contribution in [2.45, 2.75) is 0 Å². The first-order valence-corrected chi connectivity index (χ1v) is 7.36. The fourth-order valence-corrected chi connectivity index (χ4v) is 2.57. The van der Waals surface area contributed by atoms with Crippen LogP contribution in [-0.2, 0) is 4.79 Å².